The maximum Gasteiger partial charge on any atom is 0.333 e. The van der Waals surface area contributed by atoms with E-state index in [-0.39, 0.29) is 11.6 Å². The van der Waals surface area contributed by atoms with Crippen LogP contribution in [0.15, 0.2) is 26.8 Å². The maximum absolute atomic E-state index is 12.6. The van der Waals surface area contributed by atoms with Crippen molar-refractivity contribution in [2.45, 2.75) is 12.5 Å². The van der Waals surface area contributed by atoms with Gasteiger partial charge in [0.15, 0.2) is 11.5 Å². The maximum atomic E-state index is 12.6. The molecule has 3 rings (SSSR count). The first-order valence-corrected chi connectivity index (χ1v) is 8.85. The average molecular weight is 404 g/mol. The summed E-state index contributed by atoms with van der Waals surface area (Å²) in [4.78, 5) is 24.7. The van der Waals surface area contributed by atoms with Gasteiger partial charge in [-0.05, 0) is 12.1 Å². The molecule has 2 aromatic rings. The van der Waals surface area contributed by atoms with E-state index in [1.54, 1.807) is 18.1 Å². The lowest BCUT2D eigenvalue weighted by Crippen LogP contribution is -2.39. The summed E-state index contributed by atoms with van der Waals surface area (Å²) in [6.07, 6.45) is 0.323. The fourth-order valence-corrected chi connectivity index (χ4v) is 3.55. The largest absolute Gasteiger partial charge is 0.494 e. The Morgan fingerprint density at radius 3 is 2.24 bits per heavy atom. The van der Waals surface area contributed by atoms with Crippen molar-refractivity contribution >= 4 is 5.71 Å². The molecule has 0 amide bonds. The molecule has 1 aromatic carbocycles. The zero-order valence-electron chi connectivity index (χ0n) is 17.2. The van der Waals surface area contributed by atoms with Crippen molar-refractivity contribution in [3.63, 3.8) is 0 Å². The monoisotopic (exact) mass is 404 g/mol. The van der Waals surface area contributed by atoms with Crippen LogP contribution in [-0.2, 0) is 14.1 Å². The normalized spacial score (nSPS) is 16.0. The predicted octanol–water partition coefficient (Wildman–Crippen LogP) is 0.596. The molecule has 1 aliphatic rings. The molecule has 0 spiro atoms. The van der Waals surface area contributed by atoms with Gasteiger partial charge in [-0.3, -0.25) is 18.9 Å². The molecule has 1 atom stereocenters. The molecule has 0 saturated carbocycles. The number of ether oxygens (including phenoxy) is 3. The van der Waals surface area contributed by atoms with Crippen LogP contribution < -0.4 is 25.5 Å². The summed E-state index contributed by atoms with van der Waals surface area (Å²) in [7, 11) is 9.12. The van der Waals surface area contributed by atoms with Crippen LogP contribution in [0.1, 0.15) is 23.6 Å². The number of hydrazone groups is 1. The second-order valence-electron chi connectivity index (χ2n) is 6.67. The van der Waals surface area contributed by atoms with Gasteiger partial charge in [-0.2, -0.15) is 5.10 Å². The predicted molar refractivity (Wildman–Crippen MR) is 106 cm³/mol. The van der Waals surface area contributed by atoms with Crippen LogP contribution in [0.5, 0.6) is 23.1 Å². The molecule has 0 radical (unpaired) electrons. The van der Waals surface area contributed by atoms with Crippen LogP contribution in [0.3, 0.4) is 0 Å². The van der Waals surface area contributed by atoms with Crippen LogP contribution in [0.25, 0.3) is 0 Å². The van der Waals surface area contributed by atoms with Crippen molar-refractivity contribution in [1.82, 2.24) is 14.1 Å². The summed E-state index contributed by atoms with van der Waals surface area (Å²) in [6.45, 7) is 0. The number of benzene rings is 1. The lowest BCUT2D eigenvalue weighted by molar-refractivity contribution is 0.273. The van der Waals surface area contributed by atoms with Gasteiger partial charge in [0, 0.05) is 33.1 Å². The molecule has 10 heteroatoms. The number of hydrogen-bond donors (Lipinski definition) is 1. The first-order chi connectivity index (χ1) is 13.8. The molecule has 0 saturated heterocycles. The van der Waals surface area contributed by atoms with E-state index in [0.717, 1.165) is 14.7 Å². The Kier molecular flexibility index (Phi) is 5.27. The highest BCUT2D eigenvalue weighted by Gasteiger charge is 2.33. The molecule has 1 N–H and O–H groups in total. The third-order valence-corrected chi connectivity index (χ3v) is 5.13. The summed E-state index contributed by atoms with van der Waals surface area (Å²) in [5.41, 5.74) is -0.0436. The lowest BCUT2D eigenvalue weighted by Gasteiger charge is -2.23. The fraction of sp³-hybridized carbons (Fsp3) is 0.421. The Morgan fingerprint density at radius 1 is 1.00 bits per heavy atom. The van der Waals surface area contributed by atoms with E-state index in [1.807, 2.05) is 6.07 Å². The minimum Gasteiger partial charge on any atom is -0.494 e. The highest BCUT2D eigenvalue weighted by molar-refractivity contribution is 6.03. The molecule has 156 valence electrons. The van der Waals surface area contributed by atoms with E-state index in [1.165, 1.54) is 35.4 Å². The second-order valence-corrected chi connectivity index (χ2v) is 6.67. The van der Waals surface area contributed by atoms with Gasteiger partial charge in [-0.15, -0.1) is 0 Å². The lowest BCUT2D eigenvalue weighted by atomic mass is 9.98. The van der Waals surface area contributed by atoms with E-state index >= 15 is 0 Å². The fourth-order valence-electron chi connectivity index (χ4n) is 3.55. The van der Waals surface area contributed by atoms with Crippen molar-refractivity contribution in [2.24, 2.45) is 19.2 Å². The molecular formula is C19H24N4O6. The standard InChI is InChI=1S/C19H24N4O6/c1-21-17(24)14(18(25)22(2)19(21)26)11-9-12(23(3)20-11)10-7-8-13(27-4)16(29-6)15(10)28-5/h7-8,12,24H,9H2,1-6H3/t12-/m0/s1. The van der Waals surface area contributed by atoms with E-state index in [2.05, 4.69) is 5.10 Å². The smallest absolute Gasteiger partial charge is 0.333 e. The number of rotatable bonds is 5. The minimum absolute atomic E-state index is 0.00314. The van der Waals surface area contributed by atoms with Crippen LogP contribution in [-0.4, -0.2) is 53.3 Å². The van der Waals surface area contributed by atoms with Gasteiger partial charge in [0.25, 0.3) is 5.56 Å². The van der Waals surface area contributed by atoms with Gasteiger partial charge < -0.3 is 19.3 Å². The molecule has 0 fully saturated rings. The molecule has 0 unspecified atom stereocenters. The van der Waals surface area contributed by atoms with Crippen molar-refractivity contribution in [3.8, 4) is 23.1 Å². The van der Waals surface area contributed by atoms with Crippen LogP contribution in [0.4, 0.5) is 0 Å². The summed E-state index contributed by atoms with van der Waals surface area (Å²) in [5, 5.41) is 16.6. The van der Waals surface area contributed by atoms with Crippen molar-refractivity contribution in [3.05, 3.63) is 44.1 Å². The minimum atomic E-state index is -0.610. The Labute approximate surface area is 167 Å². The highest BCUT2D eigenvalue weighted by Crippen LogP contribution is 2.45. The van der Waals surface area contributed by atoms with Gasteiger partial charge in [-0.1, -0.05) is 0 Å². The highest BCUT2D eigenvalue weighted by atomic mass is 16.5. The summed E-state index contributed by atoms with van der Waals surface area (Å²) in [5.74, 6) is 1.07. The van der Waals surface area contributed by atoms with Crippen LogP contribution >= 0.6 is 0 Å². The van der Waals surface area contributed by atoms with Crippen molar-refractivity contribution in [2.75, 3.05) is 28.4 Å². The second kappa shape index (κ2) is 7.53. The molecule has 1 aromatic heterocycles. The topological polar surface area (TPSA) is 108 Å². The molecular weight excluding hydrogens is 380 g/mol. The number of aromatic nitrogens is 2. The van der Waals surface area contributed by atoms with Crippen LogP contribution in [0.2, 0.25) is 0 Å². The Bertz CT molecular complexity index is 1100. The summed E-state index contributed by atoms with van der Waals surface area (Å²) < 4.78 is 18.3. The van der Waals surface area contributed by atoms with Crippen LogP contribution in [0, 0.1) is 0 Å². The van der Waals surface area contributed by atoms with Crippen molar-refractivity contribution < 1.29 is 19.3 Å². The summed E-state index contributed by atoms with van der Waals surface area (Å²) in [6, 6.07) is 3.34. The van der Waals surface area contributed by atoms with Gasteiger partial charge in [0.2, 0.25) is 11.6 Å². The zero-order valence-corrected chi connectivity index (χ0v) is 17.2. The van der Waals surface area contributed by atoms with E-state index in [4.69, 9.17) is 14.2 Å². The Balaban J connectivity index is 2.09. The molecule has 10 nitrogen and oxygen atoms in total. The van der Waals surface area contributed by atoms with Crippen molar-refractivity contribution in [1.29, 1.82) is 0 Å². The Hall–Kier alpha value is -3.43. The zero-order chi connectivity index (χ0) is 21.5. The molecule has 1 aliphatic heterocycles. The molecule has 2 heterocycles. The van der Waals surface area contributed by atoms with E-state index < -0.39 is 17.1 Å². The third kappa shape index (κ3) is 3.10. The quantitative estimate of drug-likeness (QED) is 0.777. The molecule has 29 heavy (non-hydrogen) atoms. The molecule has 0 bridgehead atoms. The third-order valence-electron chi connectivity index (χ3n) is 5.13. The van der Waals surface area contributed by atoms with Gasteiger partial charge in [-0.25, -0.2) is 4.79 Å². The van der Waals surface area contributed by atoms with E-state index in [9.17, 15) is 14.7 Å². The number of methoxy groups -OCH3 is 3. The first-order valence-electron chi connectivity index (χ1n) is 8.85. The first kappa shape index (κ1) is 20.3. The average Bonchev–Trinajstić information content (AvgIpc) is 3.10. The SMILES string of the molecule is COc1ccc([C@@H]2CC(c3c(O)n(C)c(=O)n(C)c3=O)=NN2C)c(OC)c1OC. The Morgan fingerprint density at radius 2 is 1.66 bits per heavy atom. The van der Waals surface area contributed by atoms with Gasteiger partial charge in [0.1, 0.15) is 5.56 Å². The van der Waals surface area contributed by atoms with Gasteiger partial charge in [0.05, 0.1) is 33.1 Å². The van der Waals surface area contributed by atoms with E-state index in [0.29, 0.717) is 29.4 Å². The van der Waals surface area contributed by atoms with Gasteiger partial charge >= 0.3 is 5.69 Å². The summed E-state index contributed by atoms with van der Waals surface area (Å²) >= 11 is 0. The molecule has 0 aliphatic carbocycles. The number of nitrogens with zero attached hydrogens (tertiary/aromatic N) is 4. The number of aromatic hydroxyl groups is 1. The number of hydrogen-bond acceptors (Lipinski definition) is 8.